The topological polar surface area (TPSA) is 38.7 Å². The largest absolute Gasteiger partial charge is 0.393 e. The molecule has 1 N–H and O–H groups in total. The Balaban J connectivity index is 1.36. The number of rotatable bonds is 4. The molecule has 6 fully saturated rings. The van der Waals surface area contributed by atoms with E-state index in [0.29, 0.717) is 39.4 Å². The van der Waals surface area contributed by atoms with Crippen LogP contribution < -0.4 is 0 Å². The van der Waals surface area contributed by atoms with Gasteiger partial charge in [-0.15, -0.1) is 0 Å². The van der Waals surface area contributed by atoms with E-state index in [1.165, 1.54) is 76.2 Å². The van der Waals surface area contributed by atoms with Crippen molar-refractivity contribution in [1.29, 1.82) is 0 Å². The molecule has 0 radical (unpaired) electrons. The zero-order valence-electron chi connectivity index (χ0n) is 26.5. The van der Waals surface area contributed by atoms with E-state index in [2.05, 4.69) is 55.0 Å². The first-order valence-electron chi connectivity index (χ1n) is 16.8. The average molecular weight is 541 g/mol. The van der Waals surface area contributed by atoms with E-state index in [1.807, 2.05) is 0 Å². The monoisotopic (exact) mass is 540 g/mol. The fraction of sp³-hybridized carbons (Fsp3) is 0.944. The predicted molar refractivity (Wildman–Crippen MR) is 159 cm³/mol. The maximum Gasteiger partial charge on any atom is 0.157 e. The van der Waals surface area contributed by atoms with Crippen LogP contribution in [-0.4, -0.2) is 30.7 Å². The number of fused-ring (bicyclic) bond motifs is 7. The van der Waals surface area contributed by atoms with E-state index in [9.17, 15) is 5.11 Å². The van der Waals surface area contributed by atoms with Crippen LogP contribution in [0.4, 0.5) is 0 Å². The first-order chi connectivity index (χ1) is 18.3. The molecule has 222 valence electrons. The summed E-state index contributed by atoms with van der Waals surface area (Å²) in [6.45, 7) is 24.3. The molecule has 0 spiro atoms. The molecule has 3 nitrogen and oxygen atoms in total. The minimum Gasteiger partial charge on any atom is -0.393 e. The Morgan fingerprint density at radius 1 is 0.821 bits per heavy atom. The standard InChI is InChI=1S/C36H60O3/c1-24(2)25-12-19-36(23-39-29-11-9-10-22-38-29)21-20-35(8)33(6)17-13-26-31(3,4)28(37)15-16-32(26,5)27(33)14-18-34(35,7)30(25)36/h25-30,37H,1,9-23H2,2-8H3/t25-,26-,27+,28-,29?,30+,32-,33+,34+,35-,36+/m0/s1. The number of hydrogen-bond donors (Lipinski definition) is 1. The number of ether oxygens (including phenoxy) is 2. The molecule has 0 aromatic carbocycles. The summed E-state index contributed by atoms with van der Waals surface area (Å²) in [5, 5.41) is 11.1. The highest BCUT2D eigenvalue weighted by Crippen LogP contribution is 2.81. The van der Waals surface area contributed by atoms with Gasteiger partial charge >= 0.3 is 0 Å². The minimum absolute atomic E-state index is 0.00672. The molecule has 0 aromatic rings. The van der Waals surface area contributed by atoms with Gasteiger partial charge in [-0.1, -0.05) is 53.7 Å². The lowest BCUT2D eigenvalue weighted by Crippen LogP contribution is -2.70. The molecule has 0 aromatic heterocycles. The summed E-state index contributed by atoms with van der Waals surface area (Å²) in [5.41, 5.74) is 2.97. The van der Waals surface area contributed by atoms with Crippen LogP contribution in [0.2, 0.25) is 0 Å². The van der Waals surface area contributed by atoms with Crippen molar-refractivity contribution < 1.29 is 14.6 Å². The maximum absolute atomic E-state index is 11.1. The lowest BCUT2D eigenvalue weighted by molar-refractivity contribution is -0.285. The molecule has 6 aliphatic rings. The highest BCUT2D eigenvalue weighted by molar-refractivity contribution is 5.25. The molecule has 39 heavy (non-hydrogen) atoms. The highest BCUT2D eigenvalue weighted by Gasteiger charge is 2.74. The fourth-order valence-corrected chi connectivity index (χ4v) is 13.2. The number of aliphatic hydroxyl groups is 1. The Bertz CT molecular complexity index is 966. The molecule has 1 aliphatic heterocycles. The van der Waals surface area contributed by atoms with E-state index in [0.717, 1.165) is 32.0 Å². The van der Waals surface area contributed by atoms with Crippen LogP contribution >= 0.6 is 0 Å². The van der Waals surface area contributed by atoms with Crippen LogP contribution in [0, 0.1) is 56.2 Å². The Morgan fingerprint density at radius 3 is 2.23 bits per heavy atom. The Labute approximate surface area is 240 Å². The Kier molecular flexibility index (Phi) is 6.86. The van der Waals surface area contributed by atoms with Gasteiger partial charge in [-0.3, -0.25) is 0 Å². The van der Waals surface area contributed by atoms with Crippen molar-refractivity contribution in [2.24, 2.45) is 56.2 Å². The van der Waals surface area contributed by atoms with Gasteiger partial charge in [-0.2, -0.15) is 0 Å². The van der Waals surface area contributed by atoms with Crippen LogP contribution in [0.25, 0.3) is 0 Å². The van der Waals surface area contributed by atoms with Crippen LogP contribution in [0.1, 0.15) is 132 Å². The normalized spacial score (nSPS) is 54.7. The number of allylic oxidation sites excluding steroid dienone is 1. The van der Waals surface area contributed by atoms with Crippen LogP contribution in [0.5, 0.6) is 0 Å². The van der Waals surface area contributed by atoms with Crippen molar-refractivity contribution in [3.63, 3.8) is 0 Å². The molecule has 1 heterocycles. The Morgan fingerprint density at radius 2 is 1.54 bits per heavy atom. The van der Waals surface area contributed by atoms with Crippen molar-refractivity contribution in [1.82, 2.24) is 0 Å². The minimum atomic E-state index is -0.150. The van der Waals surface area contributed by atoms with Gasteiger partial charge in [0.2, 0.25) is 0 Å². The molecule has 6 rings (SSSR count). The molecule has 0 bridgehead atoms. The SMILES string of the molecule is C=C(C)[C@@H]1CC[C@]2(COC3CCCCO3)CC[C@@]3(C)[C@]4(C)CC[C@H]5C(C)(C)[C@@H](O)CC[C@]5(C)[C@H]4CC[C@]3(C)[C@@H]12. The van der Waals surface area contributed by atoms with E-state index in [1.54, 1.807) is 0 Å². The van der Waals surface area contributed by atoms with E-state index in [-0.39, 0.29) is 23.2 Å². The summed E-state index contributed by atoms with van der Waals surface area (Å²) in [4.78, 5) is 0. The third-order valence-corrected chi connectivity index (χ3v) is 15.7. The summed E-state index contributed by atoms with van der Waals surface area (Å²) in [5.74, 6) is 2.64. The maximum atomic E-state index is 11.1. The second-order valence-corrected chi connectivity index (χ2v) is 17.2. The molecule has 11 atom stereocenters. The first kappa shape index (κ1) is 28.7. The third kappa shape index (κ3) is 3.76. The predicted octanol–water partition coefficient (Wildman–Crippen LogP) is 8.94. The van der Waals surface area contributed by atoms with Crippen molar-refractivity contribution in [3.05, 3.63) is 12.2 Å². The second kappa shape index (κ2) is 9.31. The van der Waals surface area contributed by atoms with Crippen molar-refractivity contribution in [3.8, 4) is 0 Å². The molecule has 1 unspecified atom stereocenters. The average Bonchev–Trinajstić information content (AvgIpc) is 3.29. The zero-order valence-corrected chi connectivity index (χ0v) is 26.5. The molecule has 0 amide bonds. The number of hydrogen-bond acceptors (Lipinski definition) is 3. The van der Waals surface area contributed by atoms with E-state index in [4.69, 9.17) is 9.47 Å². The van der Waals surface area contributed by atoms with Crippen LogP contribution in [0.15, 0.2) is 12.2 Å². The van der Waals surface area contributed by atoms with Gasteiger partial charge < -0.3 is 14.6 Å². The fourth-order valence-electron chi connectivity index (χ4n) is 13.2. The van der Waals surface area contributed by atoms with E-state index >= 15 is 0 Å². The molecule has 5 saturated carbocycles. The summed E-state index contributed by atoms with van der Waals surface area (Å²) in [6.07, 6.45) is 16.0. The van der Waals surface area contributed by atoms with Gasteiger partial charge in [0.05, 0.1) is 12.7 Å². The first-order valence-corrected chi connectivity index (χ1v) is 16.8. The van der Waals surface area contributed by atoms with E-state index < -0.39 is 0 Å². The van der Waals surface area contributed by atoms with Gasteiger partial charge in [0.15, 0.2) is 6.29 Å². The zero-order chi connectivity index (χ0) is 28.1. The number of aliphatic hydroxyl groups excluding tert-OH is 1. The quantitative estimate of drug-likeness (QED) is 0.362. The second-order valence-electron chi connectivity index (χ2n) is 17.2. The summed E-state index contributed by atoms with van der Waals surface area (Å²) < 4.78 is 12.7. The van der Waals surface area contributed by atoms with Gasteiger partial charge in [-0.25, -0.2) is 0 Å². The highest BCUT2D eigenvalue weighted by atomic mass is 16.7. The molecule has 1 saturated heterocycles. The molecule has 5 aliphatic carbocycles. The van der Waals surface area contributed by atoms with Crippen LogP contribution in [-0.2, 0) is 9.47 Å². The lowest BCUT2D eigenvalue weighted by atomic mass is 9.29. The molecular weight excluding hydrogens is 480 g/mol. The van der Waals surface area contributed by atoms with Gasteiger partial charge in [-0.05, 0) is 147 Å². The summed E-state index contributed by atoms with van der Waals surface area (Å²) in [7, 11) is 0. The lowest BCUT2D eigenvalue weighted by Gasteiger charge is -2.76. The van der Waals surface area contributed by atoms with Gasteiger partial charge in [0.25, 0.3) is 0 Å². The van der Waals surface area contributed by atoms with Gasteiger partial charge in [0.1, 0.15) is 0 Å². The smallest absolute Gasteiger partial charge is 0.157 e. The molecule has 3 heteroatoms. The Hall–Kier alpha value is -0.380. The van der Waals surface area contributed by atoms with Crippen molar-refractivity contribution >= 4 is 0 Å². The molecular formula is C36H60O3. The van der Waals surface area contributed by atoms with Crippen LogP contribution in [0.3, 0.4) is 0 Å². The summed E-state index contributed by atoms with van der Waals surface area (Å²) >= 11 is 0. The van der Waals surface area contributed by atoms with Crippen molar-refractivity contribution in [2.45, 2.75) is 144 Å². The van der Waals surface area contributed by atoms with Gasteiger partial charge in [0, 0.05) is 6.61 Å². The third-order valence-electron chi connectivity index (χ3n) is 15.7. The van der Waals surface area contributed by atoms with Crippen molar-refractivity contribution in [2.75, 3.05) is 13.2 Å². The summed E-state index contributed by atoms with van der Waals surface area (Å²) in [6, 6.07) is 0.